The second kappa shape index (κ2) is 6.66. The lowest BCUT2D eigenvalue weighted by molar-refractivity contribution is 0.0655. The second-order valence-electron chi connectivity index (χ2n) is 7.49. The molecule has 1 aliphatic rings. The highest BCUT2D eigenvalue weighted by atomic mass is 16.4. The van der Waals surface area contributed by atoms with Gasteiger partial charge < -0.3 is 14.3 Å². The van der Waals surface area contributed by atoms with Crippen LogP contribution in [0.15, 0.2) is 59.8 Å². The lowest BCUT2D eigenvalue weighted by atomic mass is 9.99. The van der Waals surface area contributed by atoms with Gasteiger partial charge >= 0.3 is 0 Å². The van der Waals surface area contributed by atoms with Crippen LogP contribution < -0.4 is 0 Å². The molecule has 0 unspecified atom stereocenters. The number of hydrogen-bond donors (Lipinski definition) is 1. The summed E-state index contributed by atoms with van der Waals surface area (Å²) in [5, 5.41) is 8.84. The molecule has 1 aliphatic heterocycles. The Labute approximate surface area is 176 Å². The zero-order chi connectivity index (χ0) is 20.9. The third-order valence-corrected chi connectivity index (χ3v) is 5.52. The van der Waals surface area contributed by atoms with Gasteiger partial charge in [-0.25, -0.2) is 14.5 Å². The molecule has 10 nitrogen and oxygen atoms in total. The van der Waals surface area contributed by atoms with Crippen molar-refractivity contribution in [1.82, 2.24) is 39.2 Å². The summed E-state index contributed by atoms with van der Waals surface area (Å²) in [6.45, 7) is 0.509. The molecule has 0 bridgehead atoms. The molecule has 1 atom stereocenters. The van der Waals surface area contributed by atoms with Crippen LogP contribution in [0.4, 0.5) is 0 Å². The summed E-state index contributed by atoms with van der Waals surface area (Å²) >= 11 is 0. The van der Waals surface area contributed by atoms with E-state index >= 15 is 0 Å². The molecule has 6 heterocycles. The maximum Gasteiger partial charge on any atom is 0.292 e. The zero-order valence-electron chi connectivity index (χ0n) is 16.6. The van der Waals surface area contributed by atoms with Gasteiger partial charge in [-0.15, -0.1) is 0 Å². The standard InChI is InChI=1S/C21H18N8O2/c1-27-11-13(9-25-27)20-22-10-17(31-20)21(30)28-7-5-15-18(24-12-23-15)19(28)16-8-14-4-2-3-6-29(14)26-16/h2-4,6,8-12,19H,5,7H2,1H3,(H,23,24)/t19-/m1/s1. The fourth-order valence-electron chi connectivity index (χ4n) is 4.07. The Morgan fingerprint density at radius 2 is 2.19 bits per heavy atom. The predicted molar refractivity (Wildman–Crippen MR) is 109 cm³/mol. The van der Waals surface area contributed by atoms with E-state index in [1.165, 1.54) is 6.20 Å². The number of imidazole rings is 1. The molecule has 0 radical (unpaired) electrons. The summed E-state index contributed by atoms with van der Waals surface area (Å²) in [7, 11) is 1.81. The van der Waals surface area contributed by atoms with Gasteiger partial charge in [-0.2, -0.15) is 10.2 Å². The molecule has 1 amide bonds. The van der Waals surface area contributed by atoms with Crippen molar-refractivity contribution in [2.45, 2.75) is 12.5 Å². The van der Waals surface area contributed by atoms with Crippen LogP contribution in [0.3, 0.4) is 0 Å². The highest BCUT2D eigenvalue weighted by molar-refractivity contribution is 5.92. The smallest absolute Gasteiger partial charge is 0.292 e. The van der Waals surface area contributed by atoms with Crippen molar-refractivity contribution in [3.63, 3.8) is 0 Å². The van der Waals surface area contributed by atoms with Gasteiger partial charge in [0.1, 0.15) is 6.04 Å². The maximum atomic E-state index is 13.5. The molecule has 0 saturated carbocycles. The van der Waals surface area contributed by atoms with E-state index in [-0.39, 0.29) is 11.7 Å². The Morgan fingerprint density at radius 3 is 3.03 bits per heavy atom. The predicted octanol–water partition coefficient (Wildman–Crippen LogP) is 2.23. The molecule has 0 aliphatic carbocycles. The lowest BCUT2D eigenvalue weighted by Crippen LogP contribution is -2.40. The molecule has 0 saturated heterocycles. The van der Waals surface area contributed by atoms with Crippen LogP contribution in [0.5, 0.6) is 0 Å². The molecule has 154 valence electrons. The first-order valence-electron chi connectivity index (χ1n) is 9.89. The van der Waals surface area contributed by atoms with E-state index in [0.717, 1.165) is 22.6 Å². The minimum absolute atomic E-state index is 0.173. The summed E-state index contributed by atoms with van der Waals surface area (Å²) in [4.78, 5) is 27.2. The zero-order valence-corrected chi connectivity index (χ0v) is 16.6. The van der Waals surface area contributed by atoms with E-state index in [9.17, 15) is 4.79 Å². The number of aromatic amines is 1. The lowest BCUT2D eigenvalue weighted by Gasteiger charge is -2.33. The highest BCUT2D eigenvalue weighted by Crippen LogP contribution is 2.34. The molecule has 5 aromatic rings. The quantitative estimate of drug-likeness (QED) is 0.485. The molecule has 1 N–H and O–H groups in total. The number of carbonyl (C=O) groups is 1. The Bertz CT molecular complexity index is 1370. The summed E-state index contributed by atoms with van der Waals surface area (Å²) in [5.74, 6) is 0.281. The van der Waals surface area contributed by atoms with Crippen molar-refractivity contribution >= 4 is 11.4 Å². The molecule has 5 aromatic heterocycles. The molecular weight excluding hydrogens is 396 g/mol. The number of aryl methyl sites for hydroxylation is 1. The van der Waals surface area contributed by atoms with Crippen molar-refractivity contribution in [3.8, 4) is 11.5 Å². The number of H-pyrrole nitrogens is 1. The monoisotopic (exact) mass is 414 g/mol. The van der Waals surface area contributed by atoms with E-state index in [1.54, 1.807) is 32.8 Å². The van der Waals surface area contributed by atoms with Crippen molar-refractivity contribution in [1.29, 1.82) is 0 Å². The summed E-state index contributed by atoms with van der Waals surface area (Å²) in [6.07, 6.45) is 9.12. The fraction of sp³-hybridized carbons (Fsp3) is 0.190. The van der Waals surface area contributed by atoms with E-state index in [0.29, 0.717) is 24.4 Å². The van der Waals surface area contributed by atoms with Crippen molar-refractivity contribution < 1.29 is 9.21 Å². The van der Waals surface area contributed by atoms with Gasteiger partial charge in [-0.3, -0.25) is 9.48 Å². The molecular formula is C21H18N8O2. The Hall–Kier alpha value is -4.21. The molecule has 10 heteroatoms. The molecule has 31 heavy (non-hydrogen) atoms. The first-order chi connectivity index (χ1) is 15.2. The van der Waals surface area contributed by atoms with Gasteiger partial charge in [0.15, 0.2) is 0 Å². The first kappa shape index (κ1) is 17.6. The summed E-state index contributed by atoms with van der Waals surface area (Å²) < 4.78 is 9.26. The number of hydrogen-bond acceptors (Lipinski definition) is 6. The minimum atomic E-state index is -0.422. The number of pyridine rings is 1. The average Bonchev–Trinajstić information content (AvgIpc) is 3.57. The van der Waals surface area contributed by atoms with Crippen LogP contribution in [0, 0.1) is 0 Å². The first-order valence-corrected chi connectivity index (χ1v) is 9.89. The molecule has 0 spiro atoms. The summed E-state index contributed by atoms with van der Waals surface area (Å²) in [5.41, 5.74) is 4.23. The molecule has 6 rings (SSSR count). The number of nitrogens with one attached hydrogen (secondary N) is 1. The van der Waals surface area contributed by atoms with E-state index in [4.69, 9.17) is 9.52 Å². The average molecular weight is 414 g/mol. The van der Waals surface area contributed by atoms with E-state index in [1.807, 2.05) is 37.5 Å². The number of nitrogens with zero attached hydrogens (tertiary/aromatic N) is 7. The van der Waals surface area contributed by atoms with Crippen LogP contribution in [0.25, 0.3) is 17.0 Å². The molecule has 0 aromatic carbocycles. The Morgan fingerprint density at radius 1 is 1.26 bits per heavy atom. The number of fused-ring (bicyclic) bond motifs is 2. The van der Waals surface area contributed by atoms with Gasteiger partial charge in [0.25, 0.3) is 5.91 Å². The Kier molecular flexibility index (Phi) is 3.79. The number of aromatic nitrogens is 7. The highest BCUT2D eigenvalue weighted by Gasteiger charge is 2.37. The second-order valence-corrected chi connectivity index (χ2v) is 7.49. The maximum absolute atomic E-state index is 13.5. The van der Waals surface area contributed by atoms with Crippen LogP contribution in [-0.4, -0.2) is 51.7 Å². The van der Waals surface area contributed by atoms with E-state index in [2.05, 4.69) is 20.1 Å². The normalized spacial score (nSPS) is 16.0. The van der Waals surface area contributed by atoms with Gasteiger partial charge in [-0.1, -0.05) is 6.07 Å². The number of carbonyl (C=O) groups excluding carboxylic acids is 1. The van der Waals surface area contributed by atoms with Crippen molar-refractivity contribution in [3.05, 3.63) is 78.2 Å². The van der Waals surface area contributed by atoms with E-state index < -0.39 is 6.04 Å². The molecule has 0 fully saturated rings. The number of rotatable bonds is 3. The summed E-state index contributed by atoms with van der Waals surface area (Å²) in [6, 6.07) is 7.42. The van der Waals surface area contributed by atoms with Crippen LogP contribution in [0.2, 0.25) is 0 Å². The van der Waals surface area contributed by atoms with Crippen molar-refractivity contribution in [2.75, 3.05) is 6.54 Å². The largest absolute Gasteiger partial charge is 0.431 e. The number of oxazole rings is 1. The van der Waals surface area contributed by atoms with Crippen LogP contribution >= 0.6 is 0 Å². The topological polar surface area (TPSA) is 110 Å². The Balaban J connectivity index is 1.40. The minimum Gasteiger partial charge on any atom is -0.431 e. The van der Waals surface area contributed by atoms with Gasteiger partial charge in [0.05, 0.1) is 41.2 Å². The van der Waals surface area contributed by atoms with Gasteiger partial charge in [0, 0.05) is 38.1 Å². The third kappa shape index (κ3) is 2.83. The van der Waals surface area contributed by atoms with Crippen molar-refractivity contribution in [2.24, 2.45) is 7.05 Å². The fourth-order valence-corrected chi connectivity index (χ4v) is 4.07. The number of amides is 1. The SMILES string of the molecule is Cn1cc(-c2ncc(C(=O)N3CCc4[nH]cnc4[C@H]3c3cc4ccccn4n3)o2)cn1. The third-order valence-electron chi connectivity index (χ3n) is 5.52. The van der Waals surface area contributed by atoms with Crippen LogP contribution in [-0.2, 0) is 13.5 Å². The van der Waals surface area contributed by atoms with Crippen LogP contribution in [0.1, 0.15) is 33.7 Å². The van der Waals surface area contributed by atoms with Gasteiger partial charge in [0.2, 0.25) is 11.7 Å². The van der Waals surface area contributed by atoms with Gasteiger partial charge in [-0.05, 0) is 18.2 Å².